The highest BCUT2D eigenvalue weighted by molar-refractivity contribution is 5.93. The number of methoxy groups -OCH3 is 1. The lowest BCUT2D eigenvalue weighted by molar-refractivity contribution is 0.0601. The molecule has 7 heteroatoms. The second-order valence-corrected chi connectivity index (χ2v) is 6.75. The molecule has 0 saturated heterocycles. The first-order valence-electron chi connectivity index (χ1n) is 9.64. The summed E-state index contributed by atoms with van der Waals surface area (Å²) >= 11 is 0. The summed E-state index contributed by atoms with van der Waals surface area (Å²) in [6.45, 7) is 5.93. The maximum Gasteiger partial charge on any atom is 0.337 e. The summed E-state index contributed by atoms with van der Waals surface area (Å²) in [7, 11) is 1.28. The number of rotatable bonds is 7. The summed E-state index contributed by atoms with van der Waals surface area (Å²) in [5.41, 5.74) is 0.755. The Balaban J connectivity index is 2.09. The molecule has 0 aliphatic heterocycles. The first-order valence-corrected chi connectivity index (χ1v) is 9.64. The molecule has 0 saturated carbocycles. The standard InChI is InChI=1S/C22H25N3O4/c1-4-24(5-2)19(15-9-7-6-8-10-15)14-25-20(26)17-12-11-16(21(27)29-3)13-18(17)23-22(25)28/h6-13,19H,4-5,14H2,1-3H3,(H,23,28)/t19-/m0/s1. The molecule has 0 unspecified atom stereocenters. The fourth-order valence-electron chi connectivity index (χ4n) is 3.61. The molecule has 0 aliphatic rings. The number of hydrogen-bond acceptors (Lipinski definition) is 5. The van der Waals surface area contributed by atoms with E-state index in [-0.39, 0.29) is 23.7 Å². The minimum Gasteiger partial charge on any atom is -0.465 e. The van der Waals surface area contributed by atoms with Crippen molar-refractivity contribution in [2.75, 3.05) is 20.2 Å². The number of hydrogen-bond donors (Lipinski definition) is 1. The second kappa shape index (κ2) is 8.87. The molecule has 3 aromatic rings. The van der Waals surface area contributed by atoms with Gasteiger partial charge in [0.15, 0.2) is 0 Å². The van der Waals surface area contributed by atoms with Crippen molar-refractivity contribution in [1.29, 1.82) is 0 Å². The zero-order chi connectivity index (χ0) is 21.0. The molecule has 0 spiro atoms. The van der Waals surface area contributed by atoms with E-state index in [1.807, 2.05) is 30.3 Å². The molecule has 152 valence electrons. The Bertz CT molecular complexity index is 1110. The quantitative estimate of drug-likeness (QED) is 0.622. The normalized spacial score (nSPS) is 12.3. The highest BCUT2D eigenvalue weighted by Crippen LogP contribution is 2.21. The molecular formula is C22H25N3O4. The van der Waals surface area contributed by atoms with Crippen molar-refractivity contribution in [3.8, 4) is 0 Å². The third-order valence-corrected chi connectivity index (χ3v) is 5.20. The van der Waals surface area contributed by atoms with Gasteiger partial charge in [-0.2, -0.15) is 0 Å². The van der Waals surface area contributed by atoms with Crippen LogP contribution in [0.2, 0.25) is 0 Å². The van der Waals surface area contributed by atoms with Gasteiger partial charge in [0.1, 0.15) is 0 Å². The van der Waals surface area contributed by atoms with Gasteiger partial charge in [0.2, 0.25) is 0 Å². The smallest absolute Gasteiger partial charge is 0.337 e. The first kappa shape index (κ1) is 20.5. The average molecular weight is 395 g/mol. The Morgan fingerprint density at radius 1 is 1.10 bits per heavy atom. The number of nitrogens with one attached hydrogen (secondary N) is 1. The molecule has 1 aromatic heterocycles. The van der Waals surface area contributed by atoms with Gasteiger partial charge < -0.3 is 9.72 Å². The van der Waals surface area contributed by atoms with Crippen molar-refractivity contribution < 1.29 is 9.53 Å². The third-order valence-electron chi connectivity index (χ3n) is 5.20. The van der Waals surface area contributed by atoms with Crippen molar-refractivity contribution in [2.24, 2.45) is 0 Å². The van der Waals surface area contributed by atoms with Crippen LogP contribution in [0.4, 0.5) is 0 Å². The van der Waals surface area contributed by atoms with Crippen LogP contribution in [0.15, 0.2) is 58.1 Å². The number of likely N-dealkylation sites (N-methyl/N-ethyl adjacent to an activating group) is 1. The fraction of sp³-hybridized carbons (Fsp3) is 0.318. The Kier molecular flexibility index (Phi) is 6.29. The lowest BCUT2D eigenvalue weighted by Crippen LogP contribution is -2.41. The third kappa shape index (κ3) is 4.14. The van der Waals surface area contributed by atoms with Crippen molar-refractivity contribution >= 4 is 16.9 Å². The molecule has 0 bridgehead atoms. The van der Waals surface area contributed by atoms with Crippen molar-refractivity contribution in [3.05, 3.63) is 80.5 Å². The summed E-state index contributed by atoms with van der Waals surface area (Å²) in [5.74, 6) is -0.525. The van der Waals surface area contributed by atoms with E-state index >= 15 is 0 Å². The zero-order valence-corrected chi connectivity index (χ0v) is 16.8. The molecule has 7 nitrogen and oxygen atoms in total. The van der Waals surface area contributed by atoms with Gasteiger partial charge in [0.25, 0.3) is 5.56 Å². The SMILES string of the molecule is CCN(CC)[C@@H](Cn1c(=O)[nH]c2cc(C(=O)OC)ccc2c1=O)c1ccccc1. The number of H-pyrrole nitrogens is 1. The second-order valence-electron chi connectivity index (χ2n) is 6.75. The van der Waals surface area contributed by atoms with Crippen LogP contribution in [0.3, 0.4) is 0 Å². The lowest BCUT2D eigenvalue weighted by atomic mass is 10.0. The topological polar surface area (TPSA) is 84.4 Å². The summed E-state index contributed by atoms with van der Waals surface area (Å²) < 4.78 is 5.93. The van der Waals surface area contributed by atoms with E-state index in [1.165, 1.54) is 23.8 Å². The number of nitrogens with zero attached hydrogens (tertiary/aromatic N) is 2. The minimum absolute atomic E-state index is 0.114. The summed E-state index contributed by atoms with van der Waals surface area (Å²) in [4.78, 5) is 42.5. The van der Waals surface area contributed by atoms with Gasteiger partial charge >= 0.3 is 11.7 Å². The molecule has 1 atom stereocenters. The summed E-state index contributed by atoms with van der Waals surface area (Å²) in [6, 6.07) is 14.3. The van der Waals surface area contributed by atoms with E-state index in [2.05, 4.69) is 23.7 Å². The largest absolute Gasteiger partial charge is 0.465 e. The van der Waals surface area contributed by atoms with E-state index in [9.17, 15) is 14.4 Å². The number of ether oxygens (including phenoxy) is 1. The Morgan fingerprint density at radius 2 is 1.79 bits per heavy atom. The average Bonchev–Trinajstić information content (AvgIpc) is 2.75. The first-order chi connectivity index (χ1) is 14.0. The van der Waals surface area contributed by atoms with Crippen LogP contribution in [-0.4, -0.2) is 40.6 Å². The van der Waals surface area contributed by atoms with Gasteiger partial charge in [0, 0.05) is 0 Å². The molecule has 0 fully saturated rings. The predicted octanol–water partition coefficient (Wildman–Crippen LogP) is 2.56. The summed E-state index contributed by atoms with van der Waals surface area (Å²) in [5, 5.41) is 0.351. The van der Waals surface area contributed by atoms with Gasteiger partial charge in [-0.25, -0.2) is 9.59 Å². The molecule has 0 radical (unpaired) electrons. The molecule has 0 amide bonds. The fourth-order valence-corrected chi connectivity index (χ4v) is 3.61. The van der Waals surface area contributed by atoms with Crippen molar-refractivity contribution in [2.45, 2.75) is 26.4 Å². The van der Waals surface area contributed by atoms with Gasteiger partial charge in [-0.1, -0.05) is 44.2 Å². The number of esters is 1. The summed E-state index contributed by atoms with van der Waals surface area (Å²) in [6.07, 6.45) is 0. The Labute approximate surface area is 168 Å². The van der Waals surface area contributed by atoms with E-state index in [4.69, 9.17) is 4.74 Å². The highest BCUT2D eigenvalue weighted by atomic mass is 16.5. The van der Waals surface area contributed by atoms with Gasteiger partial charge in [-0.15, -0.1) is 0 Å². The number of carbonyl (C=O) groups excluding carboxylic acids is 1. The van der Waals surface area contributed by atoms with Gasteiger partial charge in [0.05, 0.1) is 36.2 Å². The molecule has 1 N–H and O–H groups in total. The van der Waals surface area contributed by atoms with Crippen molar-refractivity contribution in [3.63, 3.8) is 0 Å². The van der Waals surface area contributed by atoms with Crippen LogP contribution < -0.4 is 11.2 Å². The maximum atomic E-state index is 13.1. The van der Waals surface area contributed by atoms with Crippen LogP contribution in [0.5, 0.6) is 0 Å². The lowest BCUT2D eigenvalue weighted by Gasteiger charge is -2.30. The van der Waals surface area contributed by atoms with E-state index < -0.39 is 11.7 Å². The molecule has 29 heavy (non-hydrogen) atoms. The van der Waals surface area contributed by atoms with Crippen LogP contribution in [0.1, 0.15) is 35.8 Å². The number of aromatic nitrogens is 2. The minimum atomic E-state index is -0.525. The predicted molar refractivity (Wildman–Crippen MR) is 112 cm³/mol. The maximum absolute atomic E-state index is 13.1. The molecule has 1 heterocycles. The highest BCUT2D eigenvalue weighted by Gasteiger charge is 2.21. The monoisotopic (exact) mass is 395 g/mol. The van der Waals surface area contributed by atoms with Crippen LogP contribution >= 0.6 is 0 Å². The Morgan fingerprint density at radius 3 is 2.41 bits per heavy atom. The van der Waals surface area contributed by atoms with Crippen LogP contribution in [0, 0.1) is 0 Å². The van der Waals surface area contributed by atoms with E-state index in [0.717, 1.165) is 18.7 Å². The number of aromatic amines is 1. The number of carbonyl (C=O) groups is 1. The number of fused-ring (bicyclic) bond motifs is 1. The molecule has 3 rings (SSSR count). The zero-order valence-electron chi connectivity index (χ0n) is 16.8. The van der Waals surface area contributed by atoms with E-state index in [0.29, 0.717) is 10.9 Å². The van der Waals surface area contributed by atoms with Gasteiger partial charge in [-0.05, 0) is 36.9 Å². The number of benzene rings is 2. The van der Waals surface area contributed by atoms with Crippen LogP contribution in [-0.2, 0) is 11.3 Å². The molecule has 0 aliphatic carbocycles. The van der Waals surface area contributed by atoms with Crippen molar-refractivity contribution in [1.82, 2.24) is 14.5 Å². The van der Waals surface area contributed by atoms with E-state index in [1.54, 1.807) is 6.07 Å². The Hall–Kier alpha value is -3.19. The van der Waals surface area contributed by atoms with Gasteiger partial charge in [-0.3, -0.25) is 14.3 Å². The molecule has 2 aromatic carbocycles. The molecular weight excluding hydrogens is 370 g/mol. The van der Waals surface area contributed by atoms with Crippen LogP contribution in [0.25, 0.3) is 10.9 Å².